The summed E-state index contributed by atoms with van der Waals surface area (Å²) in [7, 11) is 2.17. The van der Waals surface area contributed by atoms with Crippen LogP contribution in [0.3, 0.4) is 0 Å². The average molecular weight is 185 g/mol. The third-order valence-corrected chi connectivity index (χ3v) is 2.56. The predicted molar refractivity (Wildman–Crippen MR) is 48.0 cm³/mol. The molecule has 0 bridgehead atoms. The standard InChI is InChI=1S/C3H7Cl.C3H10O2Si/c1-2-3-4;1-4-6(3)5-2/h2-3H2,1H3;6H,1-3H3. The average Bonchev–Trinajstić information content (AvgIpc) is 2.03. The quantitative estimate of drug-likeness (QED) is 0.492. The summed E-state index contributed by atoms with van der Waals surface area (Å²) in [5.74, 6) is 0.792. The zero-order valence-corrected chi connectivity index (χ0v) is 9.10. The fourth-order valence-electron chi connectivity index (χ4n) is 0.0962. The Morgan fingerprint density at radius 2 is 1.60 bits per heavy atom. The van der Waals surface area contributed by atoms with Gasteiger partial charge in [-0.05, 0) is 13.0 Å². The summed E-state index contributed by atoms with van der Waals surface area (Å²) in [6, 6.07) is 0. The molecule has 0 aliphatic heterocycles. The van der Waals surface area contributed by atoms with Gasteiger partial charge in [0.1, 0.15) is 0 Å². The molecule has 0 atom stereocenters. The third kappa shape index (κ3) is 15.8. The highest BCUT2D eigenvalue weighted by molar-refractivity contribution is 6.42. The van der Waals surface area contributed by atoms with E-state index in [1.807, 2.05) is 13.5 Å². The van der Waals surface area contributed by atoms with Crippen LogP contribution in [0.1, 0.15) is 13.3 Å². The topological polar surface area (TPSA) is 18.5 Å². The van der Waals surface area contributed by atoms with E-state index in [-0.39, 0.29) is 0 Å². The lowest BCUT2D eigenvalue weighted by Gasteiger charge is -2.00. The van der Waals surface area contributed by atoms with E-state index >= 15 is 0 Å². The Morgan fingerprint density at radius 1 is 1.30 bits per heavy atom. The van der Waals surface area contributed by atoms with Crippen LogP contribution in [-0.2, 0) is 8.85 Å². The molecule has 0 radical (unpaired) electrons. The van der Waals surface area contributed by atoms with E-state index in [2.05, 4.69) is 0 Å². The summed E-state index contributed by atoms with van der Waals surface area (Å²) in [5, 5.41) is 0. The summed E-state index contributed by atoms with van der Waals surface area (Å²) >= 11 is 5.19. The fourth-order valence-corrected chi connectivity index (χ4v) is 0.289. The fraction of sp³-hybridized carbons (Fsp3) is 1.00. The summed E-state index contributed by atoms with van der Waals surface area (Å²) in [4.78, 5) is 0. The van der Waals surface area contributed by atoms with Gasteiger partial charge in [0.25, 0.3) is 0 Å². The SMILES string of the molecule is CCCCl.CO[SiH](C)OC. The molecule has 0 amide bonds. The first-order chi connectivity index (χ1) is 4.72. The van der Waals surface area contributed by atoms with Gasteiger partial charge >= 0.3 is 9.28 Å². The van der Waals surface area contributed by atoms with Crippen LogP contribution in [0, 0.1) is 0 Å². The predicted octanol–water partition coefficient (Wildman–Crippen LogP) is 1.76. The van der Waals surface area contributed by atoms with E-state index in [0.29, 0.717) is 0 Å². The molecule has 2 nitrogen and oxygen atoms in total. The molecule has 0 rings (SSSR count). The molecular formula is C6H17ClO2Si. The second-order valence-electron chi connectivity index (χ2n) is 1.73. The molecule has 0 N–H and O–H groups in total. The zero-order valence-electron chi connectivity index (χ0n) is 7.19. The lowest BCUT2D eigenvalue weighted by atomic mass is 10.6. The lowest BCUT2D eigenvalue weighted by molar-refractivity contribution is 0.285. The maximum absolute atomic E-state index is 5.19. The largest absolute Gasteiger partial charge is 0.400 e. The number of hydrogen-bond acceptors (Lipinski definition) is 2. The maximum atomic E-state index is 5.19. The van der Waals surface area contributed by atoms with Gasteiger partial charge in [-0.3, -0.25) is 0 Å². The second-order valence-corrected chi connectivity index (χ2v) is 4.18. The van der Waals surface area contributed by atoms with Crippen LogP contribution < -0.4 is 0 Å². The van der Waals surface area contributed by atoms with Gasteiger partial charge in [0.05, 0.1) is 0 Å². The Balaban J connectivity index is 0. The van der Waals surface area contributed by atoms with Crippen molar-refractivity contribution < 1.29 is 8.85 Å². The van der Waals surface area contributed by atoms with E-state index in [1.54, 1.807) is 14.2 Å². The van der Waals surface area contributed by atoms with Crippen molar-refractivity contribution in [2.24, 2.45) is 0 Å². The van der Waals surface area contributed by atoms with Crippen LogP contribution in [0.15, 0.2) is 0 Å². The molecule has 0 saturated carbocycles. The van der Waals surface area contributed by atoms with Crippen molar-refractivity contribution in [2.75, 3.05) is 20.1 Å². The zero-order chi connectivity index (χ0) is 8.41. The molecule has 0 heterocycles. The molecule has 0 saturated heterocycles. The van der Waals surface area contributed by atoms with E-state index in [4.69, 9.17) is 20.5 Å². The Bertz CT molecular complexity index is 49.0. The molecule has 0 aromatic rings. The van der Waals surface area contributed by atoms with E-state index in [9.17, 15) is 0 Å². The summed E-state index contributed by atoms with van der Waals surface area (Å²) in [5.41, 5.74) is 0. The minimum Gasteiger partial charge on any atom is -0.400 e. The molecule has 0 fully saturated rings. The van der Waals surface area contributed by atoms with Crippen molar-refractivity contribution in [1.29, 1.82) is 0 Å². The van der Waals surface area contributed by atoms with Gasteiger partial charge < -0.3 is 8.85 Å². The van der Waals surface area contributed by atoms with Crippen LogP contribution in [0.2, 0.25) is 6.55 Å². The lowest BCUT2D eigenvalue weighted by Crippen LogP contribution is -2.12. The highest BCUT2D eigenvalue weighted by Crippen LogP contribution is 1.77. The number of alkyl halides is 1. The number of hydrogen-bond donors (Lipinski definition) is 0. The smallest absolute Gasteiger partial charge is 0.317 e. The van der Waals surface area contributed by atoms with Gasteiger partial charge in [-0.15, -0.1) is 11.6 Å². The van der Waals surface area contributed by atoms with Crippen molar-refractivity contribution in [1.82, 2.24) is 0 Å². The summed E-state index contributed by atoms with van der Waals surface area (Å²) in [6.07, 6.45) is 1.08. The molecule has 10 heavy (non-hydrogen) atoms. The molecule has 0 aromatic carbocycles. The third-order valence-electron chi connectivity index (χ3n) is 0.853. The Labute approximate surface area is 70.3 Å². The molecule has 0 spiro atoms. The highest BCUT2D eigenvalue weighted by Gasteiger charge is 1.94. The first kappa shape index (κ1) is 13.0. The van der Waals surface area contributed by atoms with Crippen LogP contribution >= 0.6 is 11.6 Å². The molecule has 0 aromatic heterocycles. The van der Waals surface area contributed by atoms with E-state index in [1.165, 1.54) is 0 Å². The summed E-state index contributed by atoms with van der Waals surface area (Å²) in [6.45, 7) is 4.02. The van der Waals surface area contributed by atoms with E-state index in [0.717, 1.165) is 12.3 Å². The number of halogens is 1. The summed E-state index contributed by atoms with van der Waals surface area (Å²) < 4.78 is 9.63. The van der Waals surface area contributed by atoms with Crippen LogP contribution in [0.25, 0.3) is 0 Å². The minimum absolute atomic E-state index is 0.792. The normalized spacial score (nSPS) is 9.00. The first-order valence-electron chi connectivity index (χ1n) is 3.34. The van der Waals surface area contributed by atoms with Gasteiger partial charge in [0.15, 0.2) is 0 Å². The Kier molecular flexibility index (Phi) is 15.8. The first-order valence-corrected chi connectivity index (χ1v) is 5.97. The Morgan fingerprint density at radius 3 is 1.60 bits per heavy atom. The van der Waals surface area contributed by atoms with Crippen molar-refractivity contribution in [3.63, 3.8) is 0 Å². The van der Waals surface area contributed by atoms with Gasteiger partial charge in [0.2, 0.25) is 0 Å². The second kappa shape index (κ2) is 12.1. The minimum atomic E-state index is -1.16. The van der Waals surface area contributed by atoms with Crippen molar-refractivity contribution in [2.45, 2.75) is 19.9 Å². The number of rotatable bonds is 3. The van der Waals surface area contributed by atoms with Gasteiger partial charge in [-0.2, -0.15) is 0 Å². The van der Waals surface area contributed by atoms with E-state index < -0.39 is 9.28 Å². The highest BCUT2D eigenvalue weighted by atomic mass is 35.5. The molecule has 4 heteroatoms. The molecule has 0 aliphatic rings. The Hall–Kier alpha value is 0.427. The van der Waals surface area contributed by atoms with Crippen LogP contribution in [0.5, 0.6) is 0 Å². The molecule has 0 unspecified atom stereocenters. The monoisotopic (exact) mass is 184 g/mol. The maximum Gasteiger partial charge on any atom is 0.317 e. The van der Waals surface area contributed by atoms with Gasteiger partial charge in [-0.1, -0.05) is 6.92 Å². The molecule has 64 valence electrons. The van der Waals surface area contributed by atoms with Crippen molar-refractivity contribution in [3.05, 3.63) is 0 Å². The van der Waals surface area contributed by atoms with Crippen LogP contribution in [-0.4, -0.2) is 29.4 Å². The van der Waals surface area contributed by atoms with Crippen molar-refractivity contribution >= 4 is 20.9 Å². The molecule has 0 aliphatic carbocycles. The van der Waals surface area contributed by atoms with Crippen LogP contribution in [0.4, 0.5) is 0 Å². The molecular weight excluding hydrogens is 168 g/mol. The van der Waals surface area contributed by atoms with Gasteiger partial charge in [0, 0.05) is 20.1 Å². The van der Waals surface area contributed by atoms with Gasteiger partial charge in [-0.25, -0.2) is 0 Å². The van der Waals surface area contributed by atoms with Crippen molar-refractivity contribution in [3.8, 4) is 0 Å².